The standard InChI is InChI=1S/C25H23NO5/c1-17-26-23(25(27)28)24(31-17)20-12-13-21(29-15-18-8-4-2-5-9-18)22(14-20)30-16-19-10-6-3-7-11-19/h2-14,25,27-28H,15-16H2,1H3. The molecule has 6 nitrogen and oxygen atoms in total. The van der Waals surface area contributed by atoms with Gasteiger partial charge in [0.2, 0.25) is 0 Å². The molecular formula is C25H23NO5. The molecule has 31 heavy (non-hydrogen) atoms. The molecule has 158 valence electrons. The Morgan fingerprint density at radius 1 is 0.806 bits per heavy atom. The quantitative estimate of drug-likeness (QED) is 0.401. The highest BCUT2D eigenvalue weighted by Crippen LogP contribution is 2.36. The number of nitrogens with zero attached hydrogens (tertiary/aromatic N) is 1. The molecule has 0 saturated carbocycles. The van der Waals surface area contributed by atoms with Crippen molar-refractivity contribution in [3.63, 3.8) is 0 Å². The van der Waals surface area contributed by atoms with E-state index in [4.69, 9.17) is 13.9 Å². The SMILES string of the molecule is Cc1nc(C(O)O)c(-c2ccc(OCc3ccccc3)c(OCc3ccccc3)c2)o1. The van der Waals surface area contributed by atoms with Gasteiger partial charge in [-0.2, -0.15) is 0 Å². The van der Waals surface area contributed by atoms with Crippen LogP contribution in [0.15, 0.2) is 83.3 Å². The Labute approximate surface area is 180 Å². The molecule has 0 aliphatic heterocycles. The van der Waals surface area contributed by atoms with Crippen LogP contribution in [-0.4, -0.2) is 15.2 Å². The molecule has 0 bridgehead atoms. The Balaban J connectivity index is 1.64. The summed E-state index contributed by atoms with van der Waals surface area (Å²) in [6, 6.07) is 25.0. The minimum absolute atomic E-state index is 0.0597. The molecule has 1 aromatic heterocycles. The summed E-state index contributed by atoms with van der Waals surface area (Å²) in [5.41, 5.74) is 2.73. The zero-order valence-corrected chi connectivity index (χ0v) is 17.1. The van der Waals surface area contributed by atoms with Crippen molar-refractivity contribution < 1.29 is 24.1 Å². The van der Waals surface area contributed by atoms with Crippen molar-refractivity contribution >= 4 is 0 Å². The predicted molar refractivity (Wildman–Crippen MR) is 115 cm³/mol. The lowest BCUT2D eigenvalue weighted by atomic mass is 10.1. The van der Waals surface area contributed by atoms with E-state index in [0.29, 0.717) is 36.2 Å². The van der Waals surface area contributed by atoms with E-state index in [9.17, 15) is 10.2 Å². The van der Waals surface area contributed by atoms with Gasteiger partial charge in [0, 0.05) is 12.5 Å². The second-order valence-corrected chi connectivity index (χ2v) is 7.03. The first-order chi connectivity index (χ1) is 15.1. The number of rotatable bonds is 8. The number of aromatic nitrogens is 1. The van der Waals surface area contributed by atoms with Crippen LogP contribution < -0.4 is 9.47 Å². The normalized spacial score (nSPS) is 11.0. The lowest BCUT2D eigenvalue weighted by molar-refractivity contribution is -0.0453. The van der Waals surface area contributed by atoms with E-state index in [-0.39, 0.29) is 11.5 Å². The highest BCUT2D eigenvalue weighted by Gasteiger charge is 2.20. The van der Waals surface area contributed by atoms with Gasteiger partial charge in [0.05, 0.1) is 0 Å². The fraction of sp³-hybridized carbons (Fsp3) is 0.160. The first-order valence-electron chi connectivity index (χ1n) is 9.91. The molecule has 0 unspecified atom stereocenters. The van der Waals surface area contributed by atoms with Crippen molar-refractivity contribution in [3.05, 3.63) is 102 Å². The predicted octanol–water partition coefficient (Wildman–Crippen LogP) is 4.79. The van der Waals surface area contributed by atoms with E-state index in [1.807, 2.05) is 60.7 Å². The minimum atomic E-state index is -1.74. The van der Waals surface area contributed by atoms with Crippen LogP contribution in [0.5, 0.6) is 11.5 Å². The Bertz CT molecular complexity index is 1120. The van der Waals surface area contributed by atoms with Gasteiger partial charge in [0.25, 0.3) is 0 Å². The van der Waals surface area contributed by atoms with Crippen LogP contribution in [-0.2, 0) is 13.2 Å². The molecule has 0 atom stereocenters. The number of ether oxygens (including phenoxy) is 2. The fourth-order valence-corrected chi connectivity index (χ4v) is 3.18. The van der Waals surface area contributed by atoms with E-state index >= 15 is 0 Å². The number of benzene rings is 3. The summed E-state index contributed by atoms with van der Waals surface area (Å²) in [7, 11) is 0. The number of aliphatic hydroxyl groups is 2. The van der Waals surface area contributed by atoms with Crippen LogP contribution >= 0.6 is 0 Å². The third kappa shape index (κ3) is 5.12. The lowest BCUT2D eigenvalue weighted by Gasteiger charge is -2.14. The number of aliphatic hydroxyl groups excluding tert-OH is 1. The molecule has 4 aromatic rings. The summed E-state index contributed by atoms with van der Waals surface area (Å²) in [6.07, 6.45) is -1.74. The highest BCUT2D eigenvalue weighted by atomic mass is 16.5. The van der Waals surface area contributed by atoms with Gasteiger partial charge in [-0.3, -0.25) is 0 Å². The van der Waals surface area contributed by atoms with E-state index < -0.39 is 6.29 Å². The maximum atomic E-state index is 9.64. The summed E-state index contributed by atoms with van der Waals surface area (Å²) in [5.74, 6) is 1.72. The van der Waals surface area contributed by atoms with E-state index in [1.165, 1.54) is 0 Å². The smallest absolute Gasteiger partial charge is 0.200 e. The van der Waals surface area contributed by atoms with Gasteiger partial charge < -0.3 is 24.1 Å². The van der Waals surface area contributed by atoms with Crippen LogP contribution in [0.3, 0.4) is 0 Å². The van der Waals surface area contributed by atoms with Crippen molar-refractivity contribution in [2.45, 2.75) is 26.4 Å². The summed E-state index contributed by atoms with van der Waals surface area (Å²) in [4.78, 5) is 4.07. The zero-order chi connectivity index (χ0) is 21.6. The molecule has 1 heterocycles. The van der Waals surface area contributed by atoms with Gasteiger partial charge in [0.1, 0.15) is 18.9 Å². The Hall–Kier alpha value is -3.61. The van der Waals surface area contributed by atoms with Gasteiger partial charge in [-0.15, -0.1) is 0 Å². The molecule has 0 saturated heterocycles. The third-order valence-corrected chi connectivity index (χ3v) is 4.69. The molecule has 0 radical (unpaired) electrons. The van der Waals surface area contributed by atoms with Gasteiger partial charge in [-0.1, -0.05) is 60.7 Å². The maximum absolute atomic E-state index is 9.64. The van der Waals surface area contributed by atoms with Crippen molar-refractivity contribution in [3.8, 4) is 22.8 Å². The van der Waals surface area contributed by atoms with Gasteiger partial charge in [0.15, 0.2) is 29.4 Å². The van der Waals surface area contributed by atoms with Gasteiger partial charge in [-0.05, 0) is 29.3 Å². The summed E-state index contributed by atoms with van der Waals surface area (Å²) in [6.45, 7) is 2.40. The van der Waals surface area contributed by atoms with Crippen LogP contribution in [0, 0.1) is 6.92 Å². The molecule has 3 aromatic carbocycles. The Morgan fingerprint density at radius 2 is 1.39 bits per heavy atom. The van der Waals surface area contributed by atoms with Crippen molar-refractivity contribution in [1.82, 2.24) is 4.98 Å². The van der Waals surface area contributed by atoms with Crippen molar-refractivity contribution in [1.29, 1.82) is 0 Å². The minimum Gasteiger partial charge on any atom is -0.485 e. The van der Waals surface area contributed by atoms with E-state index in [2.05, 4.69) is 4.98 Å². The molecule has 4 rings (SSSR count). The zero-order valence-electron chi connectivity index (χ0n) is 17.1. The Morgan fingerprint density at radius 3 is 1.97 bits per heavy atom. The summed E-state index contributed by atoms with van der Waals surface area (Å²) >= 11 is 0. The van der Waals surface area contributed by atoms with Crippen molar-refractivity contribution in [2.24, 2.45) is 0 Å². The number of oxazole rings is 1. The lowest BCUT2D eigenvalue weighted by Crippen LogP contribution is -2.01. The first-order valence-corrected chi connectivity index (χ1v) is 9.91. The molecule has 0 fully saturated rings. The maximum Gasteiger partial charge on any atom is 0.200 e. The van der Waals surface area contributed by atoms with E-state index in [0.717, 1.165) is 11.1 Å². The number of hydrogen-bond acceptors (Lipinski definition) is 6. The van der Waals surface area contributed by atoms with Crippen LogP contribution in [0.2, 0.25) is 0 Å². The number of hydrogen-bond donors (Lipinski definition) is 2. The summed E-state index contributed by atoms with van der Waals surface area (Å²) in [5, 5.41) is 19.3. The van der Waals surface area contributed by atoms with Crippen LogP contribution in [0.1, 0.15) is 29.0 Å². The third-order valence-electron chi connectivity index (χ3n) is 4.69. The molecule has 0 aliphatic carbocycles. The highest BCUT2D eigenvalue weighted by molar-refractivity contribution is 5.65. The summed E-state index contributed by atoms with van der Waals surface area (Å²) < 4.78 is 17.7. The average Bonchev–Trinajstić information content (AvgIpc) is 3.20. The Kier molecular flexibility index (Phi) is 6.31. The van der Waals surface area contributed by atoms with Crippen molar-refractivity contribution in [2.75, 3.05) is 0 Å². The topological polar surface area (TPSA) is 85.0 Å². The van der Waals surface area contributed by atoms with E-state index in [1.54, 1.807) is 25.1 Å². The monoisotopic (exact) mass is 417 g/mol. The molecule has 2 N–H and O–H groups in total. The number of aryl methyl sites for hydroxylation is 1. The second-order valence-electron chi connectivity index (χ2n) is 7.03. The molecule has 0 spiro atoms. The average molecular weight is 417 g/mol. The fourth-order valence-electron chi connectivity index (χ4n) is 3.18. The molecule has 0 aliphatic rings. The first kappa shape index (κ1) is 20.7. The largest absolute Gasteiger partial charge is 0.485 e. The molecular weight excluding hydrogens is 394 g/mol. The molecule has 0 amide bonds. The van der Waals surface area contributed by atoms with Crippen LogP contribution in [0.4, 0.5) is 0 Å². The van der Waals surface area contributed by atoms with Crippen LogP contribution in [0.25, 0.3) is 11.3 Å². The molecule has 6 heteroatoms. The van der Waals surface area contributed by atoms with Gasteiger partial charge >= 0.3 is 0 Å². The van der Waals surface area contributed by atoms with Gasteiger partial charge in [-0.25, -0.2) is 4.98 Å². The second kappa shape index (κ2) is 9.47.